The van der Waals surface area contributed by atoms with E-state index in [-0.39, 0.29) is 12.2 Å². The Kier molecular flexibility index (Phi) is 2.46. The van der Waals surface area contributed by atoms with Crippen LogP contribution in [0.3, 0.4) is 0 Å². The third kappa shape index (κ3) is 1.81. The molecule has 3 aromatic rings. The lowest BCUT2D eigenvalue weighted by Gasteiger charge is -2.06. The number of rotatable bonds is 1. The molecule has 3 rings (SSSR count). The topological polar surface area (TPSA) is 74.2 Å². The summed E-state index contributed by atoms with van der Waals surface area (Å²) in [4.78, 5) is 11.5. The van der Waals surface area contributed by atoms with Gasteiger partial charge >= 0.3 is 5.63 Å². The summed E-state index contributed by atoms with van der Waals surface area (Å²) in [5, 5.41) is 20.9. The second-order valence-corrected chi connectivity index (χ2v) is 4.27. The van der Waals surface area contributed by atoms with E-state index in [0.717, 1.165) is 10.8 Å². The van der Waals surface area contributed by atoms with Gasteiger partial charge in [-0.05, 0) is 34.5 Å². The van der Waals surface area contributed by atoms with E-state index in [0.29, 0.717) is 16.5 Å². The molecule has 1 N–H and O–H groups in total. The zero-order chi connectivity index (χ0) is 13.4. The van der Waals surface area contributed by atoms with Crippen molar-refractivity contribution < 1.29 is 9.52 Å². The van der Waals surface area contributed by atoms with E-state index in [2.05, 4.69) is 0 Å². The normalized spacial score (nSPS) is 10.7. The summed E-state index contributed by atoms with van der Waals surface area (Å²) >= 11 is 0. The fourth-order valence-electron chi connectivity index (χ4n) is 2.28. The Morgan fingerprint density at radius 3 is 2.79 bits per heavy atom. The molecule has 0 saturated heterocycles. The summed E-state index contributed by atoms with van der Waals surface area (Å²) in [6, 6.07) is 11.9. The van der Waals surface area contributed by atoms with E-state index in [9.17, 15) is 9.90 Å². The van der Waals surface area contributed by atoms with Crippen LogP contribution in [0.1, 0.15) is 5.56 Å². The summed E-state index contributed by atoms with van der Waals surface area (Å²) in [6.45, 7) is 0. The second-order valence-electron chi connectivity index (χ2n) is 4.27. The van der Waals surface area contributed by atoms with Gasteiger partial charge in [0, 0.05) is 11.5 Å². The SMILES string of the molecule is N#CCc1cc(=O)oc2ccc3ccc(O)cc3c12. The molecule has 4 nitrogen and oxygen atoms in total. The summed E-state index contributed by atoms with van der Waals surface area (Å²) < 4.78 is 5.15. The highest BCUT2D eigenvalue weighted by Crippen LogP contribution is 2.30. The highest BCUT2D eigenvalue weighted by molar-refractivity contribution is 6.07. The van der Waals surface area contributed by atoms with Gasteiger partial charge in [-0.2, -0.15) is 5.26 Å². The minimum atomic E-state index is -0.475. The molecule has 0 aliphatic rings. The quantitative estimate of drug-likeness (QED) is 0.533. The van der Waals surface area contributed by atoms with Gasteiger partial charge in [-0.1, -0.05) is 12.1 Å². The number of hydrogen-bond donors (Lipinski definition) is 1. The monoisotopic (exact) mass is 251 g/mol. The summed E-state index contributed by atoms with van der Waals surface area (Å²) in [5.41, 5.74) is 0.568. The second kappa shape index (κ2) is 4.14. The van der Waals surface area contributed by atoms with E-state index < -0.39 is 5.63 Å². The van der Waals surface area contributed by atoms with Gasteiger partial charge in [-0.15, -0.1) is 0 Å². The largest absolute Gasteiger partial charge is 0.508 e. The molecule has 0 amide bonds. The number of nitrogens with zero attached hydrogens (tertiary/aromatic N) is 1. The van der Waals surface area contributed by atoms with E-state index in [1.165, 1.54) is 6.07 Å². The van der Waals surface area contributed by atoms with Crippen LogP contribution in [-0.4, -0.2) is 5.11 Å². The molecule has 0 aliphatic heterocycles. The molecule has 0 spiro atoms. The first kappa shape index (κ1) is 11.3. The van der Waals surface area contributed by atoms with Crippen molar-refractivity contribution in [3.05, 3.63) is 52.4 Å². The van der Waals surface area contributed by atoms with Crippen molar-refractivity contribution >= 4 is 21.7 Å². The van der Waals surface area contributed by atoms with Crippen molar-refractivity contribution in [1.29, 1.82) is 5.26 Å². The Balaban J connectivity index is 2.55. The van der Waals surface area contributed by atoms with E-state index >= 15 is 0 Å². The highest BCUT2D eigenvalue weighted by Gasteiger charge is 2.09. The van der Waals surface area contributed by atoms with Crippen molar-refractivity contribution in [3.8, 4) is 11.8 Å². The number of nitriles is 1. The van der Waals surface area contributed by atoms with Crippen molar-refractivity contribution in [1.82, 2.24) is 0 Å². The molecule has 0 radical (unpaired) electrons. The number of fused-ring (bicyclic) bond motifs is 3. The maximum absolute atomic E-state index is 11.5. The summed E-state index contributed by atoms with van der Waals surface area (Å²) in [5.74, 6) is 0.133. The molecule has 0 aliphatic carbocycles. The van der Waals surface area contributed by atoms with Crippen LogP contribution in [-0.2, 0) is 6.42 Å². The number of phenolic OH excluding ortho intramolecular Hbond substituents is 1. The van der Waals surface area contributed by atoms with Crippen LogP contribution in [0.15, 0.2) is 45.6 Å². The van der Waals surface area contributed by atoms with Crippen LogP contribution in [0.2, 0.25) is 0 Å². The molecular weight excluding hydrogens is 242 g/mol. The maximum atomic E-state index is 11.5. The number of hydrogen-bond acceptors (Lipinski definition) is 4. The Bertz CT molecular complexity index is 887. The molecule has 4 heteroatoms. The first-order valence-corrected chi connectivity index (χ1v) is 5.74. The molecule has 0 fully saturated rings. The molecule has 0 unspecified atom stereocenters. The predicted molar refractivity (Wildman–Crippen MR) is 71.0 cm³/mol. The average molecular weight is 251 g/mol. The third-order valence-corrected chi connectivity index (χ3v) is 3.06. The van der Waals surface area contributed by atoms with Gasteiger partial charge in [-0.3, -0.25) is 0 Å². The standard InChI is InChI=1S/C15H9NO3/c16-6-5-10-7-14(18)19-13-4-2-9-1-3-11(17)8-12(9)15(10)13/h1-4,7-8,17H,5H2. The highest BCUT2D eigenvalue weighted by atomic mass is 16.4. The van der Waals surface area contributed by atoms with Gasteiger partial charge < -0.3 is 9.52 Å². The fraction of sp³-hybridized carbons (Fsp3) is 0.0667. The first-order chi connectivity index (χ1) is 9.19. The van der Waals surface area contributed by atoms with Gasteiger partial charge in [0.15, 0.2) is 0 Å². The zero-order valence-electron chi connectivity index (χ0n) is 9.88. The number of benzene rings is 2. The number of phenols is 1. The van der Waals surface area contributed by atoms with E-state index in [1.807, 2.05) is 12.1 Å². The fourth-order valence-corrected chi connectivity index (χ4v) is 2.28. The van der Waals surface area contributed by atoms with Crippen molar-refractivity contribution in [2.45, 2.75) is 6.42 Å². The third-order valence-electron chi connectivity index (χ3n) is 3.06. The van der Waals surface area contributed by atoms with Crippen molar-refractivity contribution in [2.24, 2.45) is 0 Å². The molecule has 0 saturated carbocycles. The van der Waals surface area contributed by atoms with Gasteiger partial charge in [0.1, 0.15) is 11.3 Å². The zero-order valence-corrected chi connectivity index (χ0v) is 9.88. The minimum Gasteiger partial charge on any atom is -0.508 e. The first-order valence-electron chi connectivity index (χ1n) is 5.74. The lowest BCUT2D eigenvalue weighted by molar-refractivity contribution is 0.476. The Morgan fingerprint density at radius 2 is 2.00 bits per heavy atom. The Morgan fingerprint density at radius 1 is 1.21 bits per heavy atom. The molecule has 0 atom stereocenters. The minimum absolute atomic E-state index is 0.122. The smallest absolute Gasteiger partial charge is 0.336 e. The van der Waals surface area contributed by atoms with Crippen molar-refractivity contribution in [2.75, 3.05) is 0 Å². The Hall–Kier alpha value is -2.80. The average Bonchev–Trinajstić information content (AvgIpc) is 2.38. The molecule has 2 aromatic carbocycles. The lowest BCUT2D eigenvalue weighted by Crippen LogP contribution is -2.00. The van der Waals surface area contributed by atoms with Crippen LogP contribution in [0.25, 0.3) is 21.7 Å². The van der Waals surface area contributed by atoms with Gasteiger partial charge in [0.2, 0.25) is 0 Å². The van der Waals surface area contributed by atoms with Gasteiger partial charge in [0.05, 0.1) is 12.5 Å². The summed E-state index contributed by atoms with van der Waals surface area (Å²) in [6.07, 6.45) is 0.122. The van der Waals surface area contributed by atoms with Crippen LogP contribution in [0, 0.1) is 11.3 Å². The molecular formula is C15H9NO3. The summed E-state index contributed by atoms with van der Waals surface area (Å²) in [7, 11) is 0. The van der Waals surface area contributed by atoms with Gasteiger partial charge in [-0.25, -0.2) is 4.79 Å². The molecule has 92 valence electrons. The molecule has 1 aromatic heterocycles. The molecule has 19 heavy (non-hydrogen) atoms. The van der Waals surface area contributed by atoms with Crippen LogP contribution >= 0.6 is 0 Å². The Labute approximate surface area is 108 Å². The predicted octanol–water partition coefficient (Wildman–Crippen LogP) is 2.72. The van der Waals surface area contributed by atoms with Gasteiger partial charge in [0.25, 0.3) is 0 Å². The van der Waals surface area contributed by atoms with Crippen LogP contribution in [0.5, 0.6) is 5.75 Å². The number of aromatic hydroxyl groups is 1. The van der Waals surface area contributed by atoms with Crippen molar-refractivity contribution in [3.63, 3.8) is 0 Å². The molecule has 1 heterocycles. The van der Waals surface area contributed by atoms with E-state index in [1.54, 1.807) is 24.3 Å². The van der Waals surface area contributed by atoms with E-state index in [4.69, 9.17) is 9.68 Å². The lowest BCUT2D eigenvalue weighted by atomic mass is 10.0. The van der Waals surface area contributed by atoms with Crippen LogP contribution < -0.4 is 5.63 Å². The maximum Gasteiger partial charge on any atom is 0.336 e. The molecule has 0 bridgehead atoms. The van der Waals surface area contributed by atoms with Crippen LogP contribution in [0.4, 0.5) is 0 Å².